The van der Waals surface area contributed by atoms with E-state index < -0.39 is 0 Å². The summed E-state index contributed by atoms with van der Waals surface area (Å²) in [6, 6.07) is 5.67. The van der Waals surface area contributed by atoms with Crippen LogP contribution < -0.4 is 10.6 Å². The average molecular weight is 281 g/mol. The Bertz CT molecular complexity index is 485. The molecule has 1 fully saturated rings. The standard InChI is InChI=1S/C15H21ClN2O/c1-4-7-17-12-6-5-10(16)8-11(12)14(19)18-13-9-15(13,2)3/h5-6,8,13,17H,4,7,9H2,1-3H3,(H,18,19). The Balaban J connectivity index is 2.12. The zero-order valence-corrected chi connectivity index (χ0v) is 12.5. The molecule has 0 aliphatic heterocycles. The SMILES string of the molecule is CCCNc1ccc(Cl)cc1C(=O)NC1CC1(C)C. The van der Waals surface area contributed by atoms with Gasteiger partial charge in [-0.25, -0.2) is 0 Å². The summed E-state index contributed by atoms with van der Waals surface area (Å²) in [5, 5.41) is 6.92. The Labute approximate surface area is 119 Å². The Morgan fingerprint density at radius 3 is 2.74 bits per heavy atom. The van der Waals surface area contributed by atoms with Crippen LogP contribution in [0.5, 0.6) is 0 Å². The molecule has 0 aromatic heterocycles. The third-order valence-corrected chi connectivity index (χ3v) is 3.85. The van der Waals surface area contributed by atoms with Crippen molar-refractivity contribution >= 4 is 23.2 Å². The molecule has 1 atom stereocenters. The van der Waals surface area contributed by atoms with Crippen LogP contribution in [0.2, 0.25) is 5.02 Å². The molecule has 0 spiro atoms. The number of nitrogens with one attached hydrogen (secondary N) is 2. The van der Waals surface area contributed by atoms with Gasteiger partial charge in [-0.15, -0.1) is 0 Å². The molecule has 4 heteroatoms. The lowest BCUT2D eigenvalue weighted by molar-refractivity contribution is 0.0947. The summed E-state index contributed by atoms with van der Waals surface area (Å²) >= 11 is 6.00. The van der Waals surface area contributed by atoms with Gasteiger partial charge >= 0.3 is 0 Å². The van der Waals surface area contributed by atoms with E-state index in [1.165, 1.54) is 0 Å². The first-order valence-corrected chi connectivity index (χ1v) is 7.16. The van der Waals surface area contributed by atoms with Crippen LogP contribution in [0.15, 0.2) is 18.2 Å². The van der Waals surface area contributed by atoms with E-state index in [2.05, 4.69) is 31.4 Å². The first-order chi connectivity index (χ1) is 8.94. The van der Waals surface area contributed by atoms with E-state index in [1.807, 2.05) is 6.07 Å². The number of halogens is 1. The number of hydrogen-bond acceptors (Lipinski definition) is 2. The molecule has 1 amide bonds. The van der Waals surface area contributed by atoms with E-state index in [0.717, 1.165) is 25.1 Å². The summed E-state index contributed by atoms with van der Waals surface area (Å²) in [6.07, 6.45) is 2.05. The van der Waals surface area contributed by atoms with Gasteiger partial charge in [0, 0.05) is 23.3 Å². The Hall–Kier alpha value is -1.22. The fraction of sp³-hybridized carbons (Fsp3) is 0.533. The second-order valence-electron chi connectivity index (χ2n) is 5.84. The maximum atomic E-state index is 12.3. The van der Waals surface area contributed by atoms with E-state index in [-0.39, 0.29) is 17.4 Å². The number of anilines is 1. The molecule has 1 aromatic rings. The molecule has 19 heavy (non-hydrogen) atoms. The van der Waals surface area contributed by atoms with Crippen molar-refractivity contribution in [1.29, 1.82) is 0 Å². The van der Waals surface area contributed by atoms with Gasteiger partial charge in [0.1, 0.15) is 0 Å². The molecule has 104 valence electrons. The number of benzene rings is 1. The van der Waals surface area contributed by atoms with Gasteiger partial charge < -0.3 is 10.6 Å². The van der Waals surface area contributed by atoms with E-state index in [0.29, 0.717) is 10.6 Å². The van der Waals surface area contributed by atoms with E-state index in [9.17, 15) is 4.79 Å². The summed E-state index contributed by atoms with van der Waals surface area (Å²) < 4.78 is 0. The number of rotatable bonds is 5. The van der Waals surface area contributed by atoms with Gasteiger partial charge in [-0.3, -0.25) is 4.79 Å². The minimum Gasteiger partial charge on any atom is -0.384 e. The summed E-state index contributed by atoms with van der Waals surface area (Å²) in [5.41, 5.74) is 1.71. The van der Waals surface area contributed by atoms with Crippen LogP contribution in [-0.4, -0.2) is 18.5 Å². The lowest BCUT2D eigenvalue weighted by atomic mass is 10.1. The van der Waals surface area contributed by atoms with Crippen molar-refractivity contribution in [3.8, 4) is 0 Å². The van der Waals surface area contributed by atoms with Crippen molar-refractivity contribution in [2.24, 2.45) is 5.41 Å². The third-order valence-electron chi connectivity index (χ3n) is 3.61. The van der Waals surface area contributed by atoms with Crippen molar-refractivity contribution in [1.82, 2.24) is 5.32 Å². The molecule has 0 bridgehead atoms. The molecule has 2 rings (SSSR count). The predicted octanol–water partition coefficient (Wildman–Crippen LogP) is 3.69. The highest BCUT2D eigenvalue weighted by Crippen LogP contribution is 2.44. The van der Waals surface area contributed by atoms with E-state index >= 15 is 0 Å². The lowest BCUT2D eigenvalue weighted by Gasteiger charge is -2.13. The maximum absolute atomic E-state index is 12.3. The zero-order chi connectivity index (χ0) is 14.0. The first kappa shape index (κ1) is 14.2. The number of amides is 1. The molecule has 2 N–H and O–H groups in total. The van der Waals surface area contributed by atoms with E-state index in [1.54, 1.807) is 12.1 Å². The minimum absolute atomic E-state index is 0.0447. The molecule has 3 nitrogen and oxygen atoms in total. The molecule has 0 saturated heterocycles. The fourth-order valence-electron chi connectivity index (χ4n) is 2.07. The van der Waals surface area contributed by atoms with Crippen molar-refractivity contribution in [3.63, 3.8) is 0 Å². The molecular formula is C15H21ClN2O. The smallest absolute Gasteiger partial charge is 0.253 e. The summed E-state index contributed by atoms with van der Waals surface area (Å²) in [6.45, 7) is 7.25. The third kappa shape index (κ3) is 3.41. The monoisotopic (exact) mass is 280 g/mol. The Morgan fingerprint density at radius 1 is 1.47 bits per heavy atom. The van der Waals surface area contributed by atoms with Crippen LogP contribution in [0.4, 0.5) is 5.69 Å². The molecular weight excluding hydrogens is 260 g/mol. The van der Waals surface area contributed by atoms with Gasteiger partial charge in [-0.1, -0.05) is 32.4 Å². The summed E-state index contributed by atoms with van der Waals surface area (Å²) in [5.74, 6) is -0.0447. The average Bonchev–Trinajstić information content (AvgIpc) is 2.94. The fourth-order valence-corrected chi connectivity index (χ4v) is 2.24. The molecule has 1 saturated carbocycles. The van der Waals surface area contributed by atoms with Crippen molar-refractivity contribution in [3.05, 3.63) is 28.8 Å². The molecule has 1 aliphatic carbocycles. The maximum Gasteiger partial charge on any atom is 0.253 e. The normalized spacial score (nSPS) is 19.9. The lowest BCUT2D eigenvalue weighted by Crippen LogP contribution is -2.29. The highest BCUT2D eigenvalue weighted by atomic mass is 35.5. The minimum atomic E-state index is -0.0447. The zero-order valence-electron chi connectivity index (χ0n) is 11.7. The van der Waals surface area contributed by atoms with Gasteiger partial charge in [0.05, 0.1) is 5.56 Å². The largest absolute Gasteiger partial charge is 0.384 e. The van der Waals surface area contributed by atoms with Gasteiger partial charge in [-0.05, 0) is 36.5 Å². The van der Waals surface area contributed by atoms with Crippen molar-refractivity contribution in [2.75, 3.05) is 11.9 Å². The van der Waals surface area contributed by atoms with Crippen LogP contribution in [-0.2, 0) is 0 Å². The summed E-state index contributed by atoms with van der Waals surface area (Å²) in [7, 11) is 0. The van der Waals surface area contributed by atoms with Crippen LogP contribution in [0, 0.1) is 5.41 Å². The van der Waals surface area contributed by atoms with Crippen molar-refractivity contribution in [2.45, 2.75) is 39.7 Å². The van der Waals surface area contributed by atoms with Gasteiger partial charge in [0.2, 0.25) is 0 Å². The molecule has 0 heterocycles. The van der Waals surface area contributed by atoms with Crippen molar-refractivity contribution < 1.29 is 4.79 Å². The number of hydrogen-bond donors (Lipinski definition) is 2. The second-order valence-corrected chi connectivity index (χ2v) is 6.27. The highest BCUT2D eigenvalue weighted by molar-refractivity contribution is 6.31. The second kappa shape index (κ2) is 5.41. The molecule has 1 aromatic carbocycles. The van der Waals surface area contributed by atoms with Gasteiger partial charge in [-0.2, -0.15) is 0 Å². The van der Waals surface area contributed by atoms with Crippen LogP contribution in [0.1, 0.15) is 44.0 Å². The predicted molar refractivity (Wildman–Crippen MR) is 79.9 cm³/mol. The topological polar surface area (TPSA) is 41.1 Å². The quantitative estimate of drug-likeness (QED) is 0.864. The van der Waals surface area contributed by atoms with Crippen LogP contribution in [0.25, 0.3) is 0 Å². The van der Waals surface area contributed by atoms with Crippen LogP contribution >= 0.6 is 11.6 Å². The molecule has 0 radical (unpaired) electrons. The number of carbonyl (C=O) groups excluding carboxylic acids is 1. The van der Waals surface area contributed by atoms with Crippen LogP contribution in [0.3, 0.4) is 0 Å². The summed E-state index contributed by atoms with van der Waals surface area (Å²) in [4.78, 5) is 12.3. The molecule has 1 aliphatic rings. The highest BCUT2D eigenvalue weighted by Gasteiger charge is 2.46. The van der Waals surface area contributed by atoms with E-state index in [4.69, 9.17) is 11.6 Å². The first-order valence-electron chi connectivity index (χ1n) is 6.78. The van der Waals surface area contributed by atoms with Gasteiger partial charge in [0.25, 0.3) is 5.91 Å². The number of carbonyl (C=O) groups is 1. The van der Waals surface area contributed by atoms with Gasteiger partial charge in [0.15, 0.2) is 0 Å². The Morgan fingerprint density at radius 2 is 2.16 bits per heavy atom. The molecule has 1 unspecified atom stereocenters. The Kier molecular flexibility index (Phi) is 4.04.